The Labute approximate surface area is 152 Å². The number of carbonyl (C=O) groups is 1. The Morgan fingerprint density at radius 1 is 1.38 bits per heavy atom. The van der Waals surface area contributed by atoms with E-state index in [1.807, 2.05) is 19.1 Å². The average Bonchev–Trinajstić information content (AvgIpc) is 2.90. The first-order valence-corrected chi connectivity index (χ1v) is 9.82. The fourth-order valence-electron chi connectivity index (χ4n) is 3.32. The molecule has 0 saturated heterocycles. The molecule has 1 heterocycles. The number of aryl methyl sites for hydroxylation is 1. The molecule has 2 aromatic rings. The summed E-state index contributed by atoms with van der Waals surface area (Å²) in [4.78, 5) is 13.0. The number of thiophene rings is 1. The average molecular weight is 363 g/mol. The highest BCUT2D eigenvalue weighted by molar-refractivity contribution is 7.21. The number of benzene rings is 1. The van der Waals surface area contributed by atoms with Gasteiger partial charge in [-0.3, -0.25) is 4.79 Å². The molecule has 1 aliphatic rings. The normalized spacial score (nSPS) is 18.0. The Morgan fingerprint density at radius 3 is 2.83 bits per heavy atom. The summed E-state index contributed by atoms with van der Waals surface area (Å²) < 4.78 is 1.04. The summed E-state index contributed by atoms with van der Waals surface area (Å²) in [6, 6.07) is 6.04. The van der Waals surface area contributed by atoms with E-state index in [-0.39, 0.29) is 5.91 Å². The van der Waals surface area contributed by atoms with E-state index >= 15 is 0 Å². The fourth-order valence-corrected chi connectivity index (χ4v) is 4.82. The first kappa shape index (κ1) is 17.4. The number of nitrogens with one attached hydrogen (secondary N) is 1. The minimum Gasteiger partial charge on any atom is -0.266 e. The highest BCUT2D eigenvalue weighted by Gasteiger charge is 2.19. The second kappa shape index (κ2) is 7.66. The van der Waals surface area contributed by atoms with Crippen molar-refractivity contribution in [3.8, 4) is 0 Å². The maximum atomic E-state index is 12.4. The van der Waals surface area contributed by atoms with Gasteiger partial charge in [-0.2, -0.15) is 5.10 Å². The van der Waals surface area contributed by atoms with Gasteiger partial charge in [-0.15, -0.1) is 11.3 Å². The van der Waals surface area contributed by atoms with Crippen LogP contribution in [0.15, 0.2) is 23.3 Å². The molecule has 0 aliphatic heterocycles. The number of carbonyl (C=O) groups excluding carboxylic acids is 1. The van der Waals surface area contributed by atoms with Crippen LogP contribution in [-0.2, 0) is 0 Å². The van der Waals surface area contributed by atoms with Crippen molar-refractivity contribution in [3.05, 3.63) is 33.7 Å². The molecular formula is C19H23ClN2OS. The van der Waals surface area contributed by atoms with Crippen molar-refractivity contribution in [2.45, 2.75) is 52.4 Å². The van der Waals surface area contributed by atoms with Gasteiger partial charge in [0.25, 0.3) is 5.91 Å². The zero-order valence-corrected chi connectivity index (χ0v) is 15.8. The minimum absolute atomic E-state index is 0.206. The molecule has 3 nitrogen and oxygen atoms in total. The Hall–Kier alpha value is -1.39. The predicted molar refractivity (Wildman–Crippen MR) is 103 cm³/mol. The van der Waals surface area contributed by atoms with E-state index in [4.69, 9.17) is 11.6 Å². The number of nitrogens with zero attached hydrogens (tertiary/aromatic N) is 1. The summed E-state index contributed by atoms with van der Waals surface area (Å²) in [7, 11) is 0. The van der Waals surface area contributed by atoms with Gasteiger partial charge in [0.15, 0.2) is 0 Å². The lowest BCUT2D eigenvalue weighted by molar-refractivity contribution is 0.0958. The predicted octanol–water partition coefficient (Wildman–Crippen LogP) is 5.94. The molecule has 0 atom stereocenters. The number of hydrogen-bond donors (Lipinski definition) is 1. The van der Waals surface area contributed by atoms with E-state index < -0.39 is 0 Å². The first-order valence-electron chi connectivity index (χ1n) is 8.63. The second-order valence-electron chi connectivity index (χ2n) is 6.60. The van der Waals surface area contributed by atoms with Crippen LogP contribution in [0.25, 0.3) is 10.1 Å². The van der Waals surface area contributed by atoms with Crippen molar-refractivity contribution in [1.82, 2.24) is 5.43 Å². The van der Waals surface area contributed by atoms with Crippen LogP contribution in [0, 0.1) is 12.8 Å². The van der Waals surface area contributed by atoms with E-state index in [0.717, 1.165) is 40.1 Å². The van der Waals surface area contributed by atoms with Gasteiger partial charge < -0.3 is 0 Å². The molecule has 1 amide bonds. The molecule has 0 unspecified atom stereocenters. The fraction of sp³-hybridized carbons (Fsp3) is 0.474. The van der Waals surface area contributed by atoms with Crippen molar-refractivity contribution in [2.24, 2.45) is 11.0 Å². The third kappa shape index (κ3) is 3.81. The summed E-state index contributed by atoms with van der Waals surface area (Å²) in [6.45, 7) is 4.27. The Morgan fingerprint density at radius 2 is 2.12 bits per heavy atom. The molecule has 1 aromatic carbocycles. The summed E-state index contributed by atoms with van der Waals surface area (Å²) in [5.41, 5.74) is 4.97. The lowest BCUT2D eigenvalue weighted by Crippen LogP contribution is -2.21. The van der Waals surface area contributed by atoms with Crippen molar-refractivity contribution < 1.29 is 4.79 Å². The molecule has 1 N–H and O–H groups in total. The third-order valence-corrected chi connectivity index (χ3v) is 6.34. The van der Waals surface area contributed by atoms with Gasteiger partial charge in [-0.1, -0.05) is 43.5 Å². The van der Waals surface area contributed by atoms with Crippen molar-refractivity contribution in [2.75, 3.05) is 0 Å². The van der Waals surface area contributed by atoms with E-state index in [2.05, 4.69) is 23.5 Å². The SMILES string of the molecule is CCCC1CCC(=NNC(=O)c2sc3cc(C)ccc3c2Cl)CC1. The van der Waals surface area contributed by atoms with E-state index in [0.29, 0.717) is 9.90 Å². The first-order chi connectivity index (χ1) is 11.6. The lowest BCUT2D eigenvalue weighted by atomic mass is 9.85. The topological polar surface area (TPSA) is 41.5 Å². The molecule has 1 aromatic heterocycles. The molecular weight excluding hydrogens is 340 g/mol. The third-order valence-electron chi connectivity index (χ3n) is 4.69. The van der Waals surface area contributed by atoms with Gasteiger partial charge in [-0.25, -0.2) is 5.43 Å². The van der Waals surface area contributed by atoms with Crippen molar-refractivity contribution >= 4 is 44.6 Å². The minimum atomic E-state index is -0.206. The Kier molecular flexibility index (Phi) is 5.57. The van der Waals surface area contributed by atoms with Crippen LogP contribution in [0.2, 0.25) is 5.02 Å². The highest BCUT2D eigenvalue weighted by Crippen LogP contribution is 2.35. The van der Waals surface area contributed by atoms with Crippen LogP contribution >= 0.6 is 22.9 Å². The van der Waals surface area contributed by atoms with Crippen LogP contribution in [0.5, 0.6) is 0 Å². The van der Waals surface area contributed by atoms with Crippen LogP contribution in [0.1, 0.15) is 60.7 Å². The van der Waals surface area contributed by atoms with Gasteiger partial charge in [0.2, 0.25) is 0 Å². The van der Waals surface area contributed by atoms with E-state index in [1.165, 1.54) is 37.0 Å². The molecule has 24 heavy (non-hydrogen) atoms. The standard InChI is InChI=1S/C19H23ClN2OS/c1-3-4-13-6-8-14(9-7-13)21-22-19(23)18-17(20)15-10-5-12(2)11-16(15)24-18/h5,10-11,13H,3-4,6-9H2,1-2H3,(H,22,23). The van der Waals surface area contributed by atoms with Gasteiger partial charge in [0, 0.05) is 15.8 Å². The summed E-state index contributed by atoms with van der Waals surface area (Å²) in [5.74, 6) is 0.618. The number of amides is 1. The molecule has 1 aliphatic carbocycles. The maximum Gasteiger partial charge on any atom is 0.283 e. The Bertz CT molecular complexity index is 771. The van der Waals surface area contributed by atoms with Gasteiger partial charge in [0.05, 0.1) is 5.02 Å². The molecule has 3 rings (SSSR count). The van der Waals surface area contributed by atoms with Crippen LogP contribution in [0.4, 0.5) is 0 Å². The highest BCUT2D eigenvalue weighted by atomic mass is 35.5. The molecule has 0 spiro atoms. The second-order valence-corrected chi connectivity index (χ2v) is 8.03. The number of rotatable bonds is 4. The number of fused-ring (bicyclic) bond motifs is 1. The smallest absolute Gasteiger partial charge is 0.266 e. The lowest BCUT2D eigenvalue weighted by Gasteiger charge is -2.22. The summed E-state index contributed by atoms with van der Waals surface area (Å²) in [6.07, 6.45) is 6.90. The van der Waals surface area contributed by atoms with Gasteiger partial charge in [0.1, 0.15) is 4.88 Å². The Balaban J connectivity index is 1.67. The molecule has 0 bridgehead atoms. The number of halogens is 1. The van der Waals surface area contributed by atoms with Crippen LogP contribution < -0.4 is 5.43 Å². The van der Waals surface area contributed by atoms with Crippen LogP contribution in [-0.4, -0.2) is 11.6 Å². The number of hydrazone groups is 1. The zero-order chi connectivity index (χ0) is 17.1. The van der Waals surface area contributed by atoms with Crippen LogP contribution in [0.3, 0.4) is 0 Å². The monoisotopic (exact) mass is 362 g/mol. The van der Waals surface area contributed by atoms with E-state index in [1.54, 1.807) is 0 Å². The zero-order valence-electron chi connectivity index (χ0n) is 14.2. The quantitative estimate of drug-likeness (QED) is 0.672. The molecule has 1 saturated carbocycles. The summed E-state index contributed by atoms with van der Waals surface area (Å²) in [5, 5.41) is 5.81. The molecule has 0 radical (unpaired) electrons. The maximum absolute atomic E-state index is 12.4. The van der Waals surface area contributed by atoms with E-state index in [9.17, 15) is 4.79 Å². The van der Waals surface area contributed by atoms with Gasteiger partial charge >= 0.3 is 0 Å². The summed E-state index contributed by atoms with van der Waals surface area (Å²) >= 11 is 7.81. The number of hydrogen-bond acceptors (Lipinski definition) is 3. The molecule has 5 heteroatoms. The molecule has 128 valence electrons. The largest absolute Gasteiger partial charge is 0.283 e. The van der Waals surface area contributed by atoms with Crippen molar-refractivity contribution in [3.63, 3.8) is 0 Å². The molecule has 1 fully saturated rings. The van der Waals surface area contributed by atoms with Crippen molar-refractivity contribution in [1.29, 1.82) is 0 Å². The van der Waals surface area contributed by atoms with Gasteiger partial charge in [-0.05, 0) is 50.2 Å².